The number of H-pyrrole nitrogens is 1. The molecule has 4 saturated carbocycles. The summed E-state index contributed by atoms with van der Waals surface area (Å²) in [6, 6.07) is 18.1. The molecule has 2 atom stereocenters. The fraction of sp³-hybridized carbons (Fsp3) is 0.355. The third-order valence-corrected chi connectivity index (χ3v) is 8.79. The Morgan fingerprint density at radius 2 is 1.80 bits per heavy atom. The summed E-state index contributed by atoms with van der Waals surface area (Å²) >= 11 is 0. The number of fused-ring (bicyclic) bond motifs is 1. The molecule has 9 nitrogen and oxygen atoms in total. The summed E-state index contributed by atoms with van der Waals surface area (Å²) in [5.41, 5.74) is 2.38. The Morgan fingerprint density at radius 1 is 1.02 bits per heavy atom. The third kappa shape index (κ3) is 4.26. The van der Waals surface area contributed by atoms with Crippen molar-refractivity contribution in [3.8, 4) is 11.4 Å². The number of pyridine rings is 1. The molecule has 0 saturated heterocycles. The van der Waals surface area contributed by atoms with E-state index in [1.54, 1.807) is 30.5 Å². The number of imidazole rings is 1. The van der Waals surface area contributed by atoms with Crippen molar-refractivity contribution in [1.82, 2.24) is 15.0 Å². The Hall–Kier alpha value is -4.40. The maximum atomic E-state index is 13.9. The molecule has 9 heteroatoms. The second-order valence-corrected chi connectivity index (χ2v) is 11.8. The minimum Gasteiger partial charge on any atom is -0.459 e. The maximum Gasteiger partial charge on any atom is 0.303 e. The molecular weight excluding hydrogens is 506 g/mol. The fourth-order valence-corrected chi connectivity index (χ4v) is 7.73. The standard InChI is InChI=1S/C31H29N5O4/c1-19(37)40-31-16-20-12-21(17-31)15-30(14-20,18-31)36(39)24-8-5-22(6-9-24)28-33-25-10-7-23(13-26(25)34-28)29(38)35-27-4-2-3-11-32-27/h2-11,13,20-21H,12,14-18H2,1H3,(H-,32,33,34,35,38,39)/p+1. The number of hydrogen-bond acceptors (Lipinski definition) is 6. The summed E-state index contributed by atoms with van der Waals surface area (Å²) in [5, 5.41) is 2.79. The molecule has 2 aromatic carbocycles. The predicted octanol–water partition coefficient (Wildman–Crippen LogP) is 5.94. The number of anilines is 1. The molecule has 0 aliphatic heterocycles. The molecule has 4 fully saturated rings. The van der Waals surface area contributed by atoms with Gasteiger partial charge in [-0.05, 0) is 73.6 Å². The molecule has 2 aromatic heterocycles. The number of benzene rings is 2. The van der Waals surface area contributed by atoms with Crippen LogP contribution in [0.25, 0.3) is 22.4 Å². The predicted molar refractivity (Wildman–Crippen MR) is 149 cm³/mol. The minimum absolute atomic E-state index is 0.253. The van der Waals surface area contributed by atoms with E-state index in [1.807, 2.05) is 36.4 Å². The van der Waals surface area contributed by atoms with Gasteiger partial charge in [0.15, 0.2) is 0 Å². The number of nitrogens with one attached hydrogen (secondary N) is 2. The molecule has 2 heterocycles. The van der Waals surface area contributed by atoms with E-state index in [9.17, 15) is 14.5 Å². The normalized spacial score (nSPS) is 26.5. The van der Waals surface area contributed by atoms with Crippen molar-refractivity contribution in [1.29, 1.82) is 0 Å². The molecule has 0 radical (unpaired) electrons. The number of aromatic nitrogens is 3. The summed E-state index contributed by atoms with van der Waals surface area (Å²) in [6.07, 6.45) is 6.77. The van der Waals surface area contributed by atoms with E-state index in [0.717, 1.165) is 48.7 Å². The Labute approximate surface area is 230 Å². The smallest absolute Gasteiger partial charge is 0.303 e. The third-order valence-electron chi connectivity index (χ3n) is 8.79. The number of ether oxygens (including phenoxy) is 1. The van der Waals surface area contributed by atoms with Gasteiger partial charge in [0.1, 0.15) is 17.2 Å². The minimum atomic E-state index is -0.535. The second kappa shape index (κ2) is 9.08. The van der Waals surface area contributed by atoms with Gasteiger partial charge in [-0.1, -0.05) is 6.07 Å². The van der Waals surface area contributed by atoms with Crippen LogP contribution in [0.15, 0.2) is 66.9 Å². The summed E-state index contributed by atoms with van der Waals surface area (Å²) in [4.78, 5) is 50.6. The SMILES string of the molecule is CC(=O)OC12CC3CC(C1)CC([N+](=O)c1ccc(-c4nc5ccc(C(=O)Nc6ccccn6)cc5[nH]4)cc1)(C3)C2. The number of nitrogens with zero attached hydrogens (tertiary/aromatic N) is 3. The van der Waals surface area contributed by atoms with Crippen LogP contribution in [0.1, 0.15) is 55.8 Å². The van der Waals surface area contributed by atoms with Gasteiger partial charge in [0.2, 0.25) is 5.54 Å². The van der Waals surface area contributed by atoms with Crippen LogP contribution in [-0.4, -0.2) is 42.7 Å². The van der Waals surface area contributed by atoms with Gasteiger partial charge < -0.3 is 15.0 Å². The van der Waals surface area contributed by atoms with E-state index in [4.69, 9.17) is 9.72 Å². The molecule has 1 amide bonds. The lowest BCUT2D eigenvalue weighted by atomic mass is 9.51. The number of nitroso groups, excluding NO2 is 1. The van der Waals surface area contributed by atoms with Crippen molar-refractivity contribution in [2.24, 2.45) is 11.8 Å². The van der Waals surface area contributed by atoms with Crippen molar-refractivity contribution >= 4 is 34.4 Å². The largest absolute Gasteiger partial charge is 0.459 e. The molecular formula is C31H30N5O4+. The Morgan fingerprint density at radius 3 is 2.50 bits per heavy atom. The molecule has 4 aliphatic carbocycles. The second-order valence-electron chi connectivity index (χ2n) is 11.8. The first-order chi connectivity index (χ1) is 19.3. The molecule has 202 valence electrons. The average Bonchev–Trinajstić information content (AvgIpc) is 3.35. The number of carbonyl (C=O) groups excluding carboxylic acids is 2. The Bertz CT molecular complexity index is 1630. The number of rotatable bonds is 6. The summed E-state index contributed by atoms with van der Waals surface area (Å²) in [5.74, 6) is 1.47. The van der Waals surface area contributed by atoms with Gasteiger partial charge in [-0.15, -0.1) is 0 Å². The number of carbonyl (C=O) groups is 2. The molecule has 4 aromatic rings. The quantitative estimate of drug-likeness (QED) is 0.233. The number of esters is 1. The van der Waals surface area contributed by atoms with Crippen molar-refractivity contribution in [3.63, 3.8) is 0 Å². The topological polar surface area (TPSA) is 117 Å². The van der Waals surface area contributed by atoms with Crippen LogP contribution in [-0.2, 0) is 9.53 Å². The number of hydrogen-bond donors (Lipinski definition) is 2. The van der Waals surface area contributed by atoms with Crippen molar-refractivity contribution in [2.75, 3.05) is 5.32 Å². The number of aromatic amines is 1. The van der Waals surface area contributed by atoms with E-state index < -0.39 is 11.1 Å². The summed E-state index contributed by atoms with van der Waals surface area (Å²) < 4.78 is 7.07. The molecule has 2 unspecified atom stereocenters. The first-order valence-electron chi connectivity index (χ1n) is 13.8. The van der Waals surface area contributed by atoms with Crippen LogP contribution >= 0.6 is 0 Å². The zero-order chi connectivity index (χ0) is 27.5. The van der Waals surface area contributed by atoms with Gasteiger partial charge in [-0.2, -0.15) is 0 Å². The monoisotopic (exact) mass is 536 g/mol. The van der Waals surface area contributed by atoms with E-state index in [0.29, 0.717) is 41.1 Å². The zero-order valence-electron chi connectivity index (χ0n) is 22.2. The lowest BCUT2D eigenvalue weighted by Gasteiger charge is -2.56. The number of amides is 1. The van der Waals surface area contributed by atoms with E-state index in [1.165, 1.54) is 11.7 Å². The maximum absolute atomic E-state index is 13.9. The van der Waals surface area contributed by atoms with Crippen molar-refractivity contribution in [2.45, 2.75) is 56.6 Å². The van der Waals surface area contributed by atoms with Gasteiger partial charge in [0.25, 0.3) is 11.6 Å². The van der Waals surface area contributed by atoms with Gasteiger partial charge in [-0.3, -0.25) is 9.59 Å². The summed E-state index contributed by atoms with van der Waals surface area (Å²) in [6.45, 7) is 1.47. The highest BCUT2D eigenvalue weighted by Crippen LogP contribution is 2.60. The molecule has 40 heavy (non-hydrogen) atoms. The van der Waals surface area contributed by atoms with Crippen LogP contribution in [0.4, 0.5) is 11.5 Å². The fourth-order valence-electron chi connectivity index (χ4n) is 7.73. The van der Waals surface area contributed by atoms with Gasteiger partial charge >= 0.3 is 5.97 Å². The highest BCUT2D eigenvalue weighted by Gasteiger charge is 2.66. The Balaban J connectivity index is 1.11. The Kier molecular flexibility index (Phi) is 5.59. The van der Waals surface area contributed by atoms with Crippen LogP contribution in [0.5, 0.6) is 0 Å². The molecule has 4 aliphatic rings. The molecule has 2 N–H and O–H groups in total. The van der Waals surface area contributed by atoms with Gasteiger partial charge in [-0.25, -0.2) is 9.97 Å². The van der Waals surface area contributed by atoms with E-state index in [2.05, 4.69) is 15.3 Å². The van der Waals surface area contributed by atoms with Crippen LogP contribution in [0, 0.1) is 16.7 Å². The van der Waals surface area contributed by atoms with Crippen LogP contribution in [0.2, 0.25) is 0 Å². The van der Waals surface area contributed by atoms with Crippen LogP contribution in [0.3, 0.4) is 0 Å². The first kappa shape index (κ1) is 24.6. The first-order valence-corrected chi connectivity index (χ1v) is 13.8. The average molecular weight is 537 g/mol. The van der Waals surface area contributed by atoms with Gasteiger partial charge in [0, 0.05) is 58.9 Å². The molecule has 8 rings (SSSR count). The molecule has 0 spiro atoms. The lowest BCUT2D eigenvalue weighted by molar-refractivity contribution is -0.578. The lowest BCUT2D eigenvalue weighted by Crippen LogP contribution is -2.63. The zero-order valence-corrected chi connectivity index (χ0v) is 22.2. The molecule has 4 bridgehead atoms. The highest BCUT2D eigenvalue weighted by molar-refractivity contribution is 6.05. The van der Waals surface area contributed by atoms with E-state index in [-0.39, 0.29) is 11.9 Å². The highest BCUT2D eigenvalue weighted by atomic mass is 16.6. The van der Waals surface area contributed by atoms with Crippen molar-refractivity contribution < 1.29 is 19.1 Å². The summed E-state index contributed by atoms with van der Waals surface area (Å²) in [7, 11) is 0. The van der Waals surface area contributed by atoms with Gasteiger partial charge in [0.05, 0.1) is 17.5 Å². The van der Waals surface area contributed by atoms with E-state index >= 15 is 0 Å². The van der Waals surface area contributed by atoms with Crippen LogP contribution < -0.4 is 5.32 Å². The van der Waals surface area contributed by atoms with Crippen molar-refractivity contribution in [3.05, 3.63) is 77.3 Å².